The van der Waals surface area contributed by atoms with Gasteiger partial charge in [-0.1, -0.05) is 41.5 Å². The molecule has 0 unspecified atom stereocenters. The number of carbonyl (C=O) groups excluding carboxylic acids is 4. The van der Waals surface area contributed by atoms with Crippen molar-refractivity contribution in [1.82, 2.24) is 0 Å². The molecule has 108 valence electrons. The van der Waals surface area contributed by atoms with Crippen LogP contribution in [0.2, 0.25) is 0 Å². The van der Waals surface area contributed by atoms with E-state index in [9.17, 15) is 19.2 Å². The smallest absolute Gasteiger partial charge is 0.158 e. The van der Waals surface area contributed by atoms with Crippen molar-refractivity contribution in [3.8, 4) is 0 Å². The molecule has 0 aromatic rings. The van der Waals surface area contributed by atoms with E-state index in [4.69, 9.17) is 0 Å². The van der Waals surface area contributed by atoms with Gasteiger partial charge >= 0.3 is 0 Å². The Hall–Kier alpha value is -1.32. The molecular formula is C15H24O4. The number of ketones is 4. The molecule has 0 heterocycles. The average molecular weight is 268 g/mol. The van der Waals surface area contributed by atoms with E-state index in [1.54, 1.807) is 41.5 Å². The van der Waals surface area contributed by atoms with Gasteiger partial charge in [-0.25, -0.2) is 0 Å². The highest BCUT2D eigenvalue weighted by Gasteiger charge is 2.43. The Morgan fingerprint density at radius 3 is 1.32 bits per heavy atom. The molecule has 0 bridgehead atoms. The zero-order valence-electron chi connectivity index (χ0n) is 12.9. The molecule has 4 heteroatoms. The molecule has 0 aliphatic rings. The summed E-state index contributed by atoms with van der Waals surface area (Å²) in [7, 11) is 0. The molecule has 0 atom stereocenters. The van der Waals surface area contributed by atoms with Crippen LogP contribution in [0.3, 0.4) is 0 Å². The van der Waals surface area contributed by atoms with E-state index in [1.807, 2.05) is 0 Å². The summed E-state index contributed by atoms with van der Waals surface area (Å²) in [6, 6.07) is 0. The van der Waals surface area contributed by atoms with Crippen molar-refractivity contribution >= 4 is 23.1 Å². The van der Waals surface area contributed by atoms with Gasteiger partial charge < -0.3 is 0 Å². The number of rotatable bonds is 5. The fourth-order valence-electron chi connectivity index (χ4n) is 1.62. The largest absolute Gasteiger partial charge is 0.300 e. The van der Waals surface area contributed by atoms with E-state index in [0.717, 1.165) is 0 Å². The van der Waals surface area contributed by atoms with Crippen molar-refractivity contribution < 1.29 is 19.2 Å². The zero-order valence-corrected chi connectivity index (χ0v) is 12.9. The van der Waals surface area contributed by atoms with Crippen molar-refractivity contribution in [3.63, 3.8) is 0 Å². The monoisotopic (exact) mass is 268 g/mol. The van der Waals surface area contributed by atoms with Gasteiger partial charge in [0, 0.05) is 10.8 Å². The predicted octanol–water partition coefficient (Wildman–Crippen LogP) is 2.38. The Morgan fingerprint density at radius 2 is 1.11 bits per heavy atom. The minimum absolute atomic E-state index is 0.335. The molecular weight excluding hydrogens is 244 g/mol. The maximum atomic E-state index is 12.3. The second-order valence-electron chi connectivity index (χ2n) is 7.01. The van der Waals surface area contributed by atoms with E-state index >= 15 is 0 Å². The third-order valence-electron chi connectivity index (χ3n) is 2.75. The van der Waals surface area contributed by atoms with Crippen molar-refractivity contribution in [2.24, 2.45) is 16.7 Å². The molecule has 4 nitrogen and oxygen atoms in total. The summed E-state index contributed by atoms with van der Waals surface area (Å²) in [5.41, 5.74) is -1.59. The highest BCUT2D eigenvalue weighted by Crippen LogP contribution is 2.28. The molecule has 0 aromatic heterocycles. The van der Waals surface area contributed by atoms with Gasteiger partial charge in [-0.05, 0) is 6.92 Å². The van der Waals surface area contributed by atoms with Crippen LogP contribution >= 0.6 is 0 Å². The second-order valence-corrected chi connectivity index (χ2v) is 7.01. The first-order chi connectivity index (χ1) is 8.28. The number of hydrogen-bond donors (Lipinski definition) is 0. The van der Waals surface area contributed by atoms with Crippen LogP contribution in [-0.4, -0.2) is 23.1 Å². The summed E-state index contributed by atoms with van der Waals surface area (Å²) in [5.74, 6) is -3.09. The van der Waals surface area contributed by atoms with Crippen LogP contribution in [0.25, 0.3) is 0 Å². The lowest BCUT2D eigenvalue weighted by Gasteiger charge is -2.27. The molecule has 0 amide bonds. The topological polar surface area (TPSA) is 68.3 Å². The summed E-state index contributed by atoms with van der Waals surface area (Å²) in [5, 5.41) is 0. The van der Waals surface area contributed by atoms with Crippen LogP contribution in [0.1, 0.15) is 54.9 Å². The maximum Gasteiger partial charge on any atom is 0.158 e. The number of carbonyl (C=O) groups is 4. The lowest BCUT2D eigenvalue weighted by atomic mass is 9.72. The molecule has 0 radical (unpaired) electrons. The van der Waals surface area contributed by atoms with E-state index in [2.05, 4.69) is 0 Å². The summed E-state index contributed by atoms with van der Waals surface area (Å²) in [6.07, 6.45) is -0.367. The van der Waals surface area contributed by atoms with E-state index in [0.29, 0.717) is 0 Å². The van der Waals surface area contributed by atoms with E-state index in [1.165, 1.54) is 6.92 Å². The Balaban J connectivity index is 5.52. The summed E-state index contributed by atoms with van der Waals surface area (Å²) in [6.45, 7) is 11.3. The third-order valence-corrected chi connectivity index (χ3v) is 2.75. The third kappa shape index (κ3) is 5.05. The van der Waals surface area contributed by atoms with E-state index < -0.39 is 34.1 Å². The van der Waals surface area contributed by atoms with Crippen LogP contribution < -0.4 is 0 Å². The van der Waals surface area contributed by atoms with Crippen LogP contribution in [0.15, 0.2) is 0 Å². The maximum absolute atomic E-state index is 12.3. The van der Waals surface area contributed by atoms with Gasteiger partial charge in [0.1, 0.15) is 11.7 Å². The molecule has 0 saturated heterocycles. The van der Waals surface area contributed by atoms with Gasteiger partial charge in [-0.15, -0.1) is 0 Å². The molecule has 19 heavy (non-hydrogen) atoms. The SMILES string of the molecule is CC(=O)CC(=O)C(C(=O)C(C)(C)C)C(=O)C(C)(C)C. The first kappa shape index (κ1) is 17.7. The fraction of sp³-hybridized carbons (Fsp3) is 0.733. The van der Waals surface area contributed by atoms with Crippen molar-refractivity contribution in [1.29, 1.82) is 0 Å². The summed E-state index contributed by atoms with van der Waals surface area (Å²) in [4.78, 5) is 47.8. The normalized spacial score (nSPS) is 12.4. The van der Waals surface area contributed by atoms with Crippen LogP contribution in [0.4, 0.5) is 0 Å². The number of Topliss-reactive ketones (excluding diaryl/α,β-unsaturated/α-hetero) is 4. The minimum atomic E-state index is -1.33. The van der Waals surface area contributed by atoms with Crippen LogP contribution in [0, 0.1) is 16.7 Å². The molecule has 0 rings (SSSR count). The highest BCUT2D eigenvalue weighted by atomic mass is 16.2. The van der Waals surface area contributed by atoms with Gasteiger partial charge in [0.25, 0.3) is 0 Å². The Kier molecular flexibility index (Phi) is 5.36. The standard InChI is InChI=1S/C15H24O4/c1-9(16)8-10(17)11(12(18)14(2,3)4)13(19)15(5,6)7/h11H,8H2,1-7H3. The van der Waals surface area contributed by atoms with Crippen LogP contribution in [-0.2, 0) is 19.2 Å². The fourth-order valence-corrected chi connectivity index (χ4v) is 1.62. The highest BCUT2D eigenvalue weighted by molar-refractivity contribution is 6.24. The second kappa shape index (κ2) is 5.76. The zero-order chi connectivity index (χ0) is 15.6. The van der Waals surface area contributed by atoms with Crippen molar-refractivity contribution in [3.05, 3.63) is 0 Å². The summed E-state index contributed by atoms with van der Waals surface area (Å²) < 4.78 is 0. The molecule has 0 aliphatic carbocycles. The molecule has 0 spiro atoms. The summed E-state index contributed by atoms with van der Waals surface area (Å²) >= 11 is 0. The van der Waals surface area contributed by atoms with Gasteiger partial charge in [0.05, 0.1) is 6.42 Å². The molecule has 0 saturated carbocycles. The molecule has 0 aliphatic heterocycles. The van der Waals surface area contributed by atoms with Gasteiger partial charge in [0.15, 0.2) is 17.3 Å². The average Bonchev–Trinajstić information content (AvgIpc) is 2.13. The molecule has 0 fully saturated rings. The van der Waals surface area contributed by atoms with Crippen molar-refractivity contribution in [2.45, 2.75) is 54.9 Å². The van der Waals surface area contributed by atoms with Gasteiger partial charge in [-0.3, -0.25) is 19.2 Å². The minimum Gasteiger partial charge on any atom is -0.300 e. The predicted molar refractivity (Wildman–Crippen MR) is 72.7 cm³/mol. The Morgan fingerprint density at radius 1 is 0.789 bits per heavy atom. The first-order valence-corrected chi connectivity index (χ1v) is 6.39. The Bertz CT molecular complexity index is 379. The molecule has 0 N–H and O–H groups in total. The Labute approximate surface area is 114 Å². The van der Waals surface area contributed by atoms with Crippen molar-refractivity contribution in [2.75, 3.05) is 0 Å². The lowest BCUT2D eigenvalue weighted by molar-refractivity contribution is -0.147. The van der Waals surface area contributed by atoms with Gasteiger partial charge in [-0.2, -0.15) is 0 Å². The van der Waals surface area contributed by atoms with Gasteiger partial charge in [0.2, 0.25) is 0 Å². The van der Waals surface area contributed by atoms with Crippen LogP contribution in [0.5, 0.6) is 0 Å². The first-order valence-electron chi connectivity index (χ1n) is 6.39. The quantitative estimate of drug-likeness (QED) is 0.718. The van der Waals surface area contributed by atoms with E-state index in [-0.39, 0.29) is 12.2 Å². The number of hydrogen-bond acceptors (Lipinski definition) is 4. The lowest BCUT2D eigenvalue weighted by Crippen LogP contribution is -2.43. The molecule has 0 aromatic carbocycles.